The zero-order valence-electron chi connectivity index (χ0n) is 33.3. The number of ether oxygens (including phenoxy) is 4. The van der Waals surface area contributed by atoms with Crippen LogP contribution in [0.25, 0.3) is 0 Å². The van der Waals surface area contributed by atoms with Crippen LogP contribution in [-0.4, -0.2) is 140 Å². The summed E-state index contributed by atoms with van der Waals surface area (Å²) in [6, 6.07) is -0.950. The molecule has 0 spiro atoms. The summed E-state index contributed by atoms with van der Waals surface area (Å²) in [6.07, 6.45) is 15.9. The zero-order chi connectivity index (χ0) is 41.1. The lowest BCUT2D eigenvalue weighted by atomic mass is 9.97. The normalized spacial score (nSPS) is 30.0. The molecule has 0 radical (unpaired) electrons. The number of aliphatic hydroxyl groups is 8. The van der Waals surface area contributed by atoms with Gasteiger partial charge in [-0.1, -0.05) is 113 Å². The van der Waals surface area contributed by atoms with Gasteiger partial charge in [0.15, 0.2) is 12.6 Å². The maximum absolute atomic E-state index is 13.0. The Morgan fingerprint density at radius 1 is 0.661 bits per heavy atom. The average Bonchev–Trinajstić information content (AvgIpc) is 3.19. The van der Waals surface area contributed by atoms with Crippen LogP contribution in [-0.2, 0) is 23.7 Å². The van der Waals surface area contributed by atoms with Gasteiger partial charge in [-0.25, -0.2) is 0 Å². The molecule has 2 aliphatic rings. The fraction of sp³-hybridized carbons (Fsp3) is 0.738. The van der Waals surface area contributed by atoms with Gasteiger partial charge in [-0.3, -0.25) is 4.79 Å². The first-order valence-electron chi connectivity index (χ1n) is 20.5. The summed E-state index contributed by atoms with van der Waals surface area (Å²) in [6.45, 7) is 2.52. The zero-order valence-corrected chi connectivity index (χ0v) is 33.3. The molecule has 0 aromatic heterocycles. The Labute approximate surface area is 333 Å². The predicted octanol–water partition coefficient (Wildman–Crippen LogP) is 2.76. The Morgan fingerprint density at radius 3 is 1.86 bits per heavy atom. The third-order valence-corrected chi connectivity index (χ3v) is 9.72. The summed E-state index contributed by atoms with van der Waals surface area (Å²) in [4.78, 5) is 13.0. The Morgan fingerprint density at radius 2 is 1.23 bits per heavy atom. The topological polar surface area (TPSA) is 228 Å². The maximum Gasteiger partial charge on any atom is 0.220 e. The highest BCUT2D eigenvalue weighted by Gasteiger charge is 2.50. The van der Waals surface area contributed by atoms with E-state index in [0.717, 1.165) is 51.4 Å². The molecule has 12 atom stereocenters. The first-order valence-corrected chi connectivity index (χ1v) is 20.5. The molecule has 2 rings (SSSR count). The summed E-state index contributed by atoms with van der Waals surface area (Å²) in [5.74, 6) is -0.327. The number of unbranched alkanes of at least 4 members (excludes halogenated alkanes) is 7. The van der Waals surface area contributed by atoms with Crippen LogP contribution < -0.4 is 5.32 Å². The average molecular weight is 798 g/mol. The minimum Gasteiger partial charge on any atom is -0.394 e. The smallest absolute Gasteiger partial charge is 0.220 e. The first kappa shape index (κ1) is 49.8. The summed E-state index contributed by atoms with van der Waals surface area (Å²) >= 11 is 0. The molecule has 2 fully saturated rings. The summed E-state index contributed by atoms with van der Waals surface area (Å²) < 4.78 is 22.5. The number of nitrogens with one attached hydrogen (secondary N) is 1. The van der Waals surface area contributed by atoms with Crippen molar-refractivity contribution in [2.45, 2.75) is 177 Å². The lowest BCUT2D eigenvalue weighted by Gasteiger charge is -2.46. The molecular weight excluding hydrogens is 726 g/mol. The van der Waals surface area contributed by atoms with Gasteiger partial charge in [-0.05, 0) is 44.9 Å². The van der Waals surface area contributed by atoms with Crippen molar-refractivity contribution in [2.24, 2.45) is 0 Å². The van der Waals surface area contributed by atoms with Crippen LogP contribution in [0.5, 0.6) is 0 Å². The van der Waals surface area contributed by atoms with Gasteiger partial charge in [0.05, 0.1) is 32.0 Å². The molecule has 0 aliphatic carbocycles. The summed E-state index contributed by atoms with van der Waals surface area (Å²) in [5.41, 5.74) is 0. The van der Waals surface area contributed by atoms with Crippen molar-refractivity contribution in [1.82, 2.24) is 5.32 Å². The third kappa shape index (κ3) is 18.5. The van der Waals surface area contributed by atoms with Gasteiger partial charge in [-0.15, -0.1) is 0 Å². The van der Waals surface area contributed by atoms with Crippen LogP contribution in [0.3, 0.4) is 0 Å². The van der Waals surface area contributed by atoms with Gasteiger partial charge < -0.3 is 65.1 Å². The van der Waals surface area contributed by atoms with E-state index in [1.165, 1.54) is 25.7 Å². The fourth-order valence-corrected chi connectivity index (χ4v) is 6.30. The van der Waals surface area contributed by atoms with Crippen molar-refractivity contribution in [1.29, 1.82) is 0 Å². The van der Waals surface area contributed by atoms with E-state index in [0.29, 0.717) is 6.42 Å². The van der Waals surface area contributed by atoms with E-state index in [4.69, 9.17) is 18.9 Å². The number of amides is 1. The monoisotopic (exact) mass is 797 g/mol. The molecule has 0 bridgehead atoms. The Hall–Kier alpha value is -2.31. The van der Waals surface area contributed by atoms with E-state index in [1.807, 2.05) is 18.2 Å². The van der Waals surface area contributed by atoms with Gasteiger partial charge in [0.1, 0.15) is 48.8 Å². The van der Waals surface area contributed by atoms with E-state index in [2.05, 4.69) is 55.6 Å². The minimum absolute atomic E-state index is 0.157. The van der Waals surface area contributed by atoms with Gasteiger partial charge in [0.2, 0.25) is 5.91 Å². The molecular formula is C42H71NO13. The molecule has 0 aromatic carbocycles. The van der Waals surface area contributed by atoms with Crippen LogP contribution in [0.15, 0.2) is 60.8 Å². The predicted molar refractivity (Wildman–Crippen MR) is 212 cm³/mol. The molecule has 9 N–H and O–H groups in total. The highest BCUT2D eigenvalue weighted by molar-refractivity contribution is 5.76. The molecule has 1 amide bonds. The molecule has 322 valence electrons. The SMILES string of the molecule is CC/C=C\C/C=C\C/C=C\C/C=C\CCC(=O)NC(COC1OC(CO)C(OC2OC(CO)C(O)C(O)C2O)C(O)C1O)C(O)/C=C/CCCCCCCCC. The quantitative estimate of drug-likeness (QED) is 0.0411. The van der Waals surface area contributed by atoms with E-state index >= 15 is 0 Å². The van der Waals surface area contributed by atoms with Crippen molar-refractivity contribution in [3.63, 3.8) is 0 Å². The van der Waals surface area contributed by atoms with Crippen LogP contribution in [0.4, 0.5) is 0 Å². The first-order chi connectivity index (χ1) is 27.1. The van der Waals surface area contributed by atoms with E-state index in [9.17, 15) is 45.6 Å². The van der Waals surface area contributed by atoms with Gasteiger partial charge in [0, 0.05) is 6.42 Å². The molecule has 0 aromatic rings. The molecule has 2 aliphatic heterocycles. The second kappa shape index (κ2) is 29.8. The van der Waals surface area contributed by atoms with Crippen molar-refractivity contribution in [3.8, 4) is 0 Å². The Bertz CT molecular complexity index is 1180. The van der Waals surface area contributed by atoms with Crippen LogP contribution in [0, 0.1) is 0 Å². The summed E-state index contributed by atoms with van der Waals surface area (Å²) in [7, 11) is 0. The van der Waals surface area contributed by atoms with Gasteiger partial charge >= 0.3 is 0 Å². The second-order valence-electron chi connectivity index (χ2n) is 14.4. The molecule has 12 unspecified atom stereocenters. The fourth-order valence-electron chi connectivity index (χ4n) is 6.30. The molecule has 14 heteroatoms. The highest BCUT2D eigenvalue weighted by Crippen LogP contribution is 2.29. The number of hydrogen-bond acceptors (Lipinski definition) is 13. The lowest BCUT2D eigenvalue weighted by molar-refractivity contribution is -0.359. The Balaban J connectivity index is 1.98. The van der Waals surface area contributed by atoms with Crippen LogP contribution in [0.2, 0.25) is 0 Å². The van der Waals surface area contributed by atoms with Crippen LogP contribution in [0.1, 0.15) is 104 Å². The summed E-state index contributed by atoms with van der Waals surface area (Å²) in [5, 5.41) is 86.0. The van der Waals surface area contributed by atoms with E-state index < -0.39 is 86.8 Å². The number of carbonyl (C=O) groups is 1. The molecule has 56 heavy (non-hydrogen) atoms. The third-order valence-electron chi connectivity index (χ3n) is 9.72. The van der Waals surface area contributed by atoms with Crippen molar-refractivity contribution in [2.75, 3.05) is 19.8 Å². The van der Waals surface area contributed by atoms with Crippen molar-refractivity contribution in [3.05, 3.63) is 60.8 Å². The number of aliphatic hydroxyl groups excluding tert-OH is 8. The number of carbonyl (C=O) groups excluding carboxylic acids is 1. The minimum atomic E-state index is -1.79. The number of rotatable bonds is 28. The second-order valence-corrected chi connectivity index (χ2v) is 14.4. The number of allylic oxidation sites excluding steroid dienone is 9. The van der Waals surface area contributed by atoms with E-state index in [1.54, 1.807) is 6.08 Å². The van der Waals surface area contributed by atoms with Crippen molar-refractivity contribution >= 4 is 5.91 Å². The van der Waals surface area contributed by atoms with Gasteiger partial charge in [-0.2, -0.15) is 0 Å². The maximum atomic E-state index is 13.0. The standard InChI is InChI=1S/C42H71NO13/c1-3-5-7-9-11-13-14-15-16-18-20-22-24-26-34(47)43-30(31(46)25-23-21-19-17-12-10-8-6-4-2)29-53-41-39(52)37(50)40(33(28-45)55-41)56-42-38(51)36(49)35(48)32(27-44)54-42/h5,7,11,13,15-16,20,22-23,25,30-33,35-42,44-46,48-52H,3-4,6,8-10,12,14,17-19,21,24,26-29H2,1-2H3,(H,43,47)/b7-5-,13-11-,16-15-,22-20-,25-23+. The van der Waals surface area contributed by atoms with E-state index in [-0.39, 0.29) is 18.9 Å². The molecule has 2 heterocycles. The highest BCUT2D eigenvalue weighted by atomic mass is 16.7. The van der Waals surface area contributed by atoms with Crippen LogP contribution >= 0.6 is 0 Å². The number of hydrogen-bond donors (Lipinski definition) is 9. The lowest BCUT2D eigenvalue weighted by Crippen LogP contribution is -2.65. The Kier molecular flexibility index (Phi) is 26.6. The molecule has 14 nitrogen and oxygen atoms in total. The van der Waals surface area contributed by atoms with Gasteiger partial charge in [0.25, 0.3) is 0 Å². The van der Waals surface area contributed by atoms with Crippen molar-refractivity contribution < 1.29 is 64.6 Å². The molecule has 0 saturated carbocycles. The largest absolute Gasteiger partial charge is 0.394 e. The molecule has 2 saturated heterocycles.